The Morgan fingerprint density at radius 3 is 1.24 bits per heavy atom. The molecule has 0 N–H and O–H groups in total. The molecule has 0 amide bonds. The van der Waals surface area contributed by atoms with E-state index in [0.717, 1.165) is 22.3 Å². The van der Waals surface area contributed by atoms with Crippen molar-refractivity contribution < 1.29 is 0 Å². The molecule has 5 aromatic carbocycles. The molecule has 0 saturated heterocycles. The van der Waals surface area contributed by atoms with Crippen LogP contribution in [0.1, 0.15) is 11.1 Å². The fourth-order valence-corrected chi connectivity index (χ4v) is 4.86. The van der Waals surface area contributed by atoms with Crippen molar-refractivity contribution >= 4 is 21.5 Å². The summed E-state index contributed by atoms with van der Waals surface area (Å²) in [5.74, 6) is 1.96. The van der Waals surface area contributed by atoms with Gasteiger partial charge in [0.15, 0.2) is 17.5 Å². The lowest BCUT2D eigenvalue weighted by Gasteiger charge is -2.09. The summed E-state index contributed by atoms with van der Waals surface area (Å²) in [7, 11) is 0. The van der Waals surface area contributed by atoms with Crippen molar-refractivity contribution in [2.24, 2.45) is 0 Å². The van der Waals surface area contributed by atoms with Crippen LogP contribution in [0.4, 0.5) is 0 Å². The highest BCUT2D eigenvalue weighted by Crippen LogP contribution is 2.29. The lowest BCUT2D eigenvalue weighted by Crippen LogP contribution is -2.00. The van der Waals surface area contributed by atoms with Crippen molar-refractivity contribution in [1.82, 2.24) is 15.0 Å². The zero-order valence-electron chi connectivity index (χ0n) is 21.5. The summed E-state index contributed by atoms with van der Waals surface area (Å²) in [6.45, 7) is 4.32. The molecule has 0 aliphatic carbocycles. The third-order valence-corrected chi connectivity index (χ3v) is 6.84. The van der Waals surface area contributed by atoms with E-state index in [2.05, 4.69) is 80.6 Å². The molecule has 0 saturated carbocycles. The Kier molecular flexibility index (Phi) is 6.33. The number of nitrogens with zero attached hydrogens (tertiary/aromatic N) is 3. The third-order valence-electron chi connectivity index (χ3n) is 6.84. The van der Waals surface area contributed by atoms with Crippen LogP contribution >= 0.6 is 0 Å². The lowest BCUT2D eigenvalue weighted by atomic mass is 9.99. The molecule has 0 aliphatic rings. The van der Waals surface area contributed by atoms with Crippen LogP contribution in [0.2, 0.25) is 0 Å². The second-order valence-electron chi connectivity index (χ2n) is 9.43. The maximum Gasteiger partial charge on any atom is 0.164 e. The Hall–Kier alpha value is -4.89. The summed E-state index contributed by atoms with van der Waals surface area (Å²) in [5.41, 5.74) is 5.19. The maximum absolute atomic E-state index is 4.97. The molecule has 6 aromatic rings. The summed E-state index contributed by atoms with van der Waals surface area (Å²) in [6, 6.07) is 43.9. The Morgan fingerprint density at radius 1 is 0.342 bits per heavy atom. The molecule has 0 unspecified atom stereocenters. The number of hydrogen-bond donors (Lipinski definition) is 0. The van der Waals surface area contributed by atoms with Crippen LogP contribution in [-0.4, -0.2) is 15.0 Å². The van der Waals surface area contributed by atoms with E-state index in [1.807, 2.05) is 60.7 Å². The molecule has 6 rings (SSSR count). The summed E-state index contributed by atoms with van der Waals surface area (Å²) >= 11 is 0. The lowest BCUT2D eigenvalue weighted by molar-refractivity contribution is 1.07. The van der Waals surface area contributed by atoms with Crippen LogP contribution in [0, 0.1) is 13.8 Å². The van der Waals surface area contributed by atoms with Gasteiger partial charge in [0.05, 0.1) is 0 Å². The molecular formula is C35H27N3. The Labute approximate surface area is 222 Å². The van der Waals surface area contributed by atoms with Gasteiger partial charge >= 0.3 is 0 Å². The molecule has 3 heteroatoms. The first kappa shape index (κ1) is 23.5. The molecule has 1 heterocycles. The molecule has 3 nitrogen and oxygen atoms in total. The van der Waals surface area contributed by atoms with Crippen molar-refractivity contribution in [2.75, 3.05) is 0 Å². The van der Waals surface area contributed by atoms with E-state index in [4.69, 9.17) is 15.0 Å². The molecule has 182 valence electrons. The first-order valence-corrected chi connectivity index (χ1v) is 12.8. The second-order valence-corrected chi connectivity index (χ2v) is 9.43. The SMILES string of the molecule is Cc1ccc(-c2nc(-c3ccccc3)nc(-c3ccccc3)n2)cc(C)c2ccccc2c2ccccc12. The van der Waals surface area contributed by atoms with E-state index in [9.17, 15) is 0 Å². The molecule has 1 aromatic heterocycles. The van der Waals surface area contributed by atoms with E-state index in [1.54, 1.807) is 0 Å². The highest BCUT2D eigenvalue weighted by Gasteiger charge is 2.12. The minimum absolute atomic E-state index is 0.646. The number of benzene rings is 4. The quantitative estimate of drug-likeness (QED) is 0.249. The molecule has 0 atom stereocenters. The van der Waals surface area contributed by atoms with Gasteiger partial charge in [-0.3, -0.25) is 0 Å². The standard InChI is InChI=1S/C35H27N3/c1-24-21-22-28(23-25(2)30-18-10-12-20-32(30)31-19-11-9-17-29(24)31)35-37-33(26-13-5-3-6-14-26)36-34(38-35)27-15-7-4-8-16-27/h3-23H,1-2H3. The van der Waals surface area contributed by atoms with Crippen molar-refractivity contribution in [3.63, 3.8) is 0 Å². The number of hydrogen-bond acceptors (Lipinski definition) is 3. The minimum atomic E-state index is 0.646. The second kappa shape index (κ2) is 10.2. The predicted octanol–water partition coefficient (Wildman–Crippen LogP) is 8.92. The Balaban J connectivity index is 1.68. The number of aromatic nitrogens is 3. The van der Waals surface area contributed by atoms with Gasteiger partial charge in [-0.25, -0.2) is 15.0 Å². The van der Waals surface area contributed by atoms with E-state index in [-0.39, 0.29) is 0 Å². The topological polar surface area (TPSA) is 38.7 Å². The average Bonchev–Trinajstić information content (AvgIpc) is 2.99. The minimum Gasteiger partial charge on any atom is -0.208 e. The molecule has 0 aliphatic heterocycles. The van der Waals surface area contributed by atoms with Crippen LogP contribution < -0.4 is 0 Å². The highest BCUT2D eigenvalue weighted by atomic mass is 15.0. The zero-order valence-corrected chi connectivity index (χ0v) is 21.5. The van der Waals surface area contributed by atoms with Gasteiger partial charge in [-0.2, -0.15) is 0 Å². The smallest absolute Gasteiger partial charge is 0.164 e. The molecule has 0 radical (unpaired) electrons. The normalized spacial score (nSPS) is 10.9. The largest absolute Gasteiger partial charge is 0.208 e. The van der Waals surface area contributed by atoms with Crippen molar-refractivity contribution in [3.05, 3.63) is 139 Å². The van der Waals surface area contributed by atoms with E-state index in [0.29, 0.717) is 17.5 Å². The van der Waals surface area contributed by atoms with Gasteiger partial charge in [0, 0.05) is 16.7 Å². The van der Waals surface area contributed by atoms with Gasteiger partial charge in [-0.15, -0.1) is 0 Å². The van der Waals surface area contributed by atoms with E-state index >= 15 is 0 Å². The number of aryl methyl sites for hydroxylation is 2. The molecule has 0 bridgehead atoms. The fourth-order valence-electron chi connectivity index (χ4n) is 4.86. The summed E-state index contributed by atoms with van der Waals surface area (Å²) in [6.07, 6.45) is 0. The molecular weight excluding hydrogens is 462 g/mol. The molecule has 0 fully saturated rings. The van der Waals surface area contributed by atoms with Crippen LogP contribution in [0.15, 0.2) is 127 Å². The average molecular weight is 490 g/mol. The van der Waals surface area contributed by atoms with Gasteiger partial charge in [0.25, 0.3) is 0 Å². The fraction of sp³-hybridized carbons (Fsp3) is 0.0571. The van der Waals surface area contributed by atoms with Crippen molar-refractivity contribution in [2.45, 2.75) is 13.8 Å². The van der Waals surface area contributed by atoms with E-state index < -0.39 is 0 Å². The summed E-state index contributed by atoms with van der Waals surface area (Å²) < 4.78 is 0. The third kappa shape index (κ3) is 4.62. The monoisotopic (exact) mass is 489 g/mol. The van der Waals surface area contributed by atoms with Gasteiger partial charge in [-0.05, 0) is 52.6 Å². The highest BCUT2D eigenvalue weighted by molar-refractivity contribution is 6.07. The first-order valence-electron chi connectivity index (χ1n) is 12.8. The van der Waals surface area contributed by atoms with Crippen molar-refractivity contribution in [1.29, 1.82) is 0 Å². The van der Waals surface area contributed by atoms with Gasteiger partial charge < -0.3 is 0 Å². The van der Waals surface area contributed by atoms with Gasteiger partial charge in [0.2, 0.25) is 0 Å². The summed E-state index contributed by atoms with van der Waals surface area (Å²) in [5, 5.41) is 4.87. The van der Waals surface area contributed by atoms with Crippen LogP contribution in [-0.2, 0) is 0 Å². The van der Waals surface area contributed by atoms with Crippen LogP contribution in [0.5, 0.6) is 0 Å². The summed E-state index contributed by atoms with van der Waals surface area (Å²) in [4.78, 5) is 14.8. The van der Waals surface area contributed by atoms with E-state index in [1.165, 1.54) is 27.1 Å². The molecule has 0 spiro atoms. The first-order chi connectivity index (χ1) is 18.7. The van der Waals surface area contributed by atoms with Crippen LogP contribution in [0.25, 0.3) is 55.7 Å². The van der Waals surface area contributed by atoms with Crippen molar-refractivity contribution in [3.8, 4) is 34.2 Å². The number of rotatable bonds is 3. The van der Waals surface area contributed by atoms with Gasteiger partial charge in [0.1, 0.15) is 0 Å². The zero-order chi connectivity index (χ0) is 25.9. The Morgan fingerprint density at radius 2 is 0.737 bits per heavy atom. The molecule has 38 heavy (non-hydrogen) atoms. The number of fused-ring (bicyclic) bond motifs is 3. The maximum atomic E-state index is 4.97. The Bertz CT molecular complexity index is 1770. The van der Waals surface area contributed by atoms with Crippen LogP contribution in [0.3, 0.4) is 0 Å². The van der Waals surface area contributed by atoms with Gasteiger partial charge in [-0.1, -0.05) is 121 Å². The predicted molar refractivity (Wildman–Crippen MR) is 158 cm³/mol.